The van der Waals surface area contributed by atoms with Crippen LogP contribution < -0.4 is 5.32 Å². The minimum absolute atomic E-state index is 0.0895. The molecule has 1 unspecified atom stereocenters. The van der Waals surface area contributed by atoms with Crippen molar-refractivity contribution in [1.82, 2.24) is 5.32 Å². The third-order valence-corrected chi connectivity index (χ3v) is 3.00. The number of sulfone groups is 1. The lowest BCUT2D eigenvalue weighted by Gasteiger charge is -2.13. The molecule has 1 atom stereocenters. The zero-order valence-corrected chi connectivity index (χ0v) is 11.2. The van der Waals surface area contributed by atoms with Gasteiger partial charge in [-0.25, -0.2) is 8.42 Å². The van der Waals surface area contributed by atoms with Gasteiger partial charge in [0, 0.05) is 32.6 Å². The molecule has 0 spiro atoms. The highest BCUT2D eigenvalue weighted by atomic mass is 32.2. The van der Waals surface area contributed by atoms with Gasteiger partial charge in [0.25, 0.3) is 0 Å². The first-order valence-electron chi connectivity index (χ1n) is 5.43. The van der Waals surface area contributed by atoms with Gasteiger partial charge in [-0.2, -0.15) is 0 Å². The van der Waals surface area contributed by atoms with E-state index in [0.29, 0.717) is 12.6 Å². The number of hydrogen-bond acceptors (Lipinski definition) is 5. The van der Waals surface area contributed by atoms with Crippen molar-refractivity contribution in [1.29, 1.82) is 0 Å². The molecular weight excluding hydrogens is 230 g/mol. The highest BCUT2D eigenvalue weighted by molar-refractivity contribution is 7.90. The van der Waals surface area contributed by atoms with Crippen molar-refractivity contribution < 1.29 is 17.9 Å². The predicted octanol–water partition coefficient (Wildman–Crippen LogP) is 0.0622. The standard InChI is InChI=1S/C10H23NO4S/c1-10(4-6-14-2)11-5-7-15-8-9-16(3,12)13/h10-11H,4-9H2,1-3H3. The van der Waals surface area contributed by atoms with Gasteiger partial charge >= 0.3 is 0 Å². The van der Waals surface area contributed by atoms with E-state index in [2.05, 4.69) is 12.2 Å². The molecule has 0 aromatic carbocycles. The monoisotopic (exact) mass is 253 g/mol. The van der Waals surface area contributed by atoms with Crippen LogP contribution in [0.1, 0.15) is 13.3 Å². The summed E-state index contributed by atoms with van der Waals surface area (Å²) in [6.45, 7) is 4.35. The average Bonchev–Trinajstić information content (AvgIpc) is 2.18. The summed E-state index contributed by atoms with van der Waals surface area (Å²) in [6.07, 6.45) is 2.17. The predicted molar refractivity (Wildman–Crippen MR) is 64.5 cm³/mol. The van der Waals surface area contributed by atoms with Crippen molar-refractivity contribution in [2.75, 3.05) is 45.5 Å². The Labute approximate surface area is 98.4 Å². The maximum atomic E-state index is 10.8. The highest BCUT2D eigenvalue weighted by Gasteiger charge is 2.02. The Bertz CT molecular complexity index is 254. The van der Waals surface area contributed by atoms with Crippen molar-refractivity contribution in [3.8, 4) is 0 Å². The molecule has 1 N–H and O–H groups in total. The van der Waals surface area contributed by atoms with Crippen LogP contribution in [0.4, 0.5) is 0 Å². The Hall–Kier alpha value is -0.170. The van der Waals surface area contributed by atoms with Gasteiger partial charge in [0.05, 0.1) is 19.0 Å². The molecule has 0 bridgehead atoms. The van der Waals surface area contributed by atoms with Gasteiger partial charge in [0.1, 0.15) is 9.84 Å². The summed E-state index contributed by atoms with van der Waals surface area (Å²) in [4.78, 5) is 0. The van der Waals surface area contributed by atoms with Crippen LogP contribution in [0.5, 0.6) is 0 Å². The minimum Gasteiger partial charge on any atom is -0.385 e. The number of nitrogens with one attached hydrogen (secondary N) is 1. The molecule has 0 fully saturated rings. The average molecular weight is 253 g/mol. The van der Waals surface area contributed by atoms with Crippen LogP contribution >= 0.6 is 0 Å². The van der Waals surface area contributed by atoms with Gasteiger partial charge in [0.15, 0.2) is 0 Å². The molecular formula is C10H23NO4S. The molecule has 0 aromatic rings. The highest BCUT2D eigenvalue weighted by Crippen LogP contribution is 1.90. The second-order valence-corrected chi connectivity index (χ2v) is 6.14. The fraction of sp³-hybridized carbons (Fsp3) is 1.00. The van der Waals surface area contributed by atoms with Gasteiger partial charge < -0.3 is 14.8 Å². The normalized spacial score (nSPS) is 13.9. The summed E-state index contributed by atoms with van der Waals surface area (Å²) in [6, 6.07) is 0.387. The van der Waals surface area contributed by atoms with Crippen LogP contribution in [0.25, 0.3) is 0 Å². The first-order valence-corrected chi connectivity index (χ1v) is 7.49. The molecule has 0 aliphatic carbocycles. The van der Waals surface area contributed by atoms with Gasteiger partial charge in [0.2, 0.25) is 0 Å². The fourth-order valence-electron chi connectivity index (χ4n) is 1.09. The summed E-state index contributed by atoms with van der Waals surface area (Å²) < 4.78 is 31.7. The molecule has 0 aromatic heterocycles. The van der Waals surface area contributed by atoms with E-state index in [9.17, 15) is 8.42 Å². The number of ether oxygens (including phenoxy) is 2. The van der Waals surface area contributed by atoms with Crippen LogP contribution in [0, 0.1) is 0 Å². The largest absolute Gasteiger partial charge is 0.385 e. The molecule has 0 amide bonds. The Balaban J connectivity index is 3.27. The molecule has 0 saturated heterocycles. The number of methoxy groups -OCH3 is 1. The lowest BCUT2D eigenvalue weighted by Crippen LogP contribution is -2.30. The molecule has 5 nitrogen and oxygen atoms in total. The molecule has 0 radical (unpaired) electrons. The van der Waals surface area contributed by atoms with Gasteiger partial charge in [-0.05, 0) is 13.3 Å². The number of hydrogen-bond donors (Lipinski definition) is 1. The minimum atomic E-state index is -2.90. The van der Waals surface area contributed by atoms with E-state index in [4.69, 9.17) is 9.47 Å². The van der Waals surface area contributed by atoms with Gasteiger partial charge in [-0.15, -0.1) is 0 Å². The maximum absolute atomic E-state index is 10.8. The summed E-state index contributed by atoms with van der Waals surface area (Å²) >= 11 is 0. The van der Waals surface area contributed by atoms with E-state index in [-0.39, 0.29) is 12.4 Å². The SMILES string of the molecule is COCCC(C)NCCOCCS(C)(=O)=O. The first-order chi connectivity index (χ1) is 7.45. The molecule has 0 rings (SSSR count). The maximum Gasteiger partial charge on any atom is 0.149 e. The summed E-state index contributed by atoms with van der Waals surface area (Å²) in [5.41, 5.74) is 0. The van der Waals surface area contributed by atoms with E-state index in [0.717, 1.165) is 19.6 Å². The third-order valence-electron chi connectivity index (χ3n) is 2.09. The van der Waals surface area contributed by atoms with Crippen LogP contribution in [-0.2, 0) is 19.3 Å². The van der Waals surface area contributed by atoms with E-state index < -0.39 is 9.84 Å². The van der Waals surface area contributed by atoms with Crippen LogP contribution in [-0.4, -0.2) is 59.9 Å². The zero-order valence-electron chi connectivity index (χ0n) is 10.4. The van der Waals surface area contributed by atoms with Crippen molar-refractivity contribution in [3.05, 3.63) is 0 Å². The van der Waals surface area contributed by atoms with E-state index in [1.54, 1.807) is 7.11 Å². The quantitative estimate of drug-likeness (QED) is 0.558. The van der Waals surface area contributed by atoms with E-state index >= 15 is 0 Å². The van der Waals surface area contributed by atoms with E-state index in [1.807, 2.05) is 0 Å². The molecule has 98 valence electrons. The van der Waals surface area contributed by atoms with Crippen LogP contribution in [0.2, 0.25) is 0 Å². The Kier molecular flexibility index (Phi) is 8.83. The topological polar surface area (TPSA) is 64.6 Å². The van der Waals surface area contributed by atoms with Gasteiger partial charge in [-0.3, -0.25) is 0 Å². The second kappa shape index (κ2) is 8.92. The third kappa shape index (κ3) is 11.9. The Morgan fingerprint density at radius 3 is 2.50 bits per heavy atom. The molecule has 0 saturated carbocycles. The molecule has 0 aliphatic heterocycles. The Morgan fingerprint density at radius 2 is 1.94 bits per heavy atom. The summed E-state index contributed by atoms with van der Waals surface area (Å²) in [5, 5.41) is 3.26. The molecule has 0 heterocycles. The summed E-state index contributed by atoms with van der Waals surface area (Å²) in [7, 11) is -1.22. The molecule has 16 heavy (non-hydrogen) atoms. The fourth-order valence-corrected chi connectivity index (χ4v) is 1.51. The molecule has 6 heteroatoms. The molecule has 0 aliphatic rings. The smallest absolute Gasteiger partial charge is 0.149 e. The van der Waals surface area contributed by atoms with Crippen molar-refractivity contribution >= 4 is 9.84 Å². The van der Waals surface area contributed by atoms with Crippen molar-refractivity contribution in [2.45, 2.75) is 19.4 Å². The lowest BCUT2D eigenvalue weighted by molar-refractivity contribution is 0.144. The first kappa shape index (κ1) is 15.8. The van der Waals surface area contributed by atoms with Gasteiger partial charge in [-0.1, -0.05) is 0 Å². The van der Waals surface area contributed by atoms with Crippen LogP contribution in [0.3, 0.4) is 0 Å². The Morgan fingerprint density at radius 1 is 1.25 bits per heavy atom. The second-order valence-electron chi connectivity index (χ2n) is 3.88. The number of rotatable bonds is 10. The van der Waals surface area contributed by atoms with Crippen molar-refractivity contribution in [3.63, 3.8) is 0 Å². The van der Waals surface area contributed by atoms with Crippen LogP contribution in [0.15, 0.2) is 0 Å². The summed E-state index contributed by atoms with van der Waals surface area (Å²) in [5.74, 6) is 0.0895. The van der Waals surface area contributed by atoms with E-state index in [1.165, 1.54) is 6.26 Å². The zero-order chi connectivity index (χ0) is 12.4. The van der Waals surface area contributed by atoms with Crippen molar-refractivity contribution in [2.24, 2.45) is 0 Å². The lowest BCUT2D eigenvalue weighted by atomic mass is 10.2.